The minimum atomic E-state index is -1.15. The molecule has 1 aliphatic heterocycles. The SMILES string of the molecule is COc1ccc(C(=O)[C@@H](C)N(C(=O)c2ccc(Cl)cc2Cl)N2C(=O)[C@@H]3[C@H]4CC[C@@H](C4)[C@@H]3C2=O)cc1. The summed E-state index contributed by atoms with van der Waals surface area (Å²) in [4.78, 5) is 54.5. The summed E-state index contributed by atoms with van der Waals surface area (Å²) in [5.41, 5.74) is 0.365. The fourth-order valence-corrected chi connectivity index (χ4v) is 6.43. The zero-order valence-corrected chi connectivity index (χ0v) is 20.8. The molecule has 0 radical (unpaired) electrons. The second-order valence-electron chi connectivity index (χ2n) is 9.42. The number of halogens is 2. The molecule has 0 spiro atoms. The van der Waals surface area contributed by atoms with Crippen molar-refractivity contribution >= 4 is 46.7 Å². The Balaban J connectivity index is 1.55. The molecule has 2 aromatic rings. The van der Waals surface area contributed by atoms with Gasteiger partial charge in [-0.25, -0.2) is 5.01 Å². The first kappa shape index (κ1) is 23.8. The fourth-order valence-electron chi connectivity index (χ4n) is 5.94. The van der Waals surface area contributed by atoms with Crippen LogP contribution in [0.5, 0.6) is 5.75 Å². The van der Waals surface area contributed by atoms with Crippen molar-refractivity contribution in [2.75, 3.05) is 7.11 Å². The van der Waals surface area contributed by atoms with Crippen LogP contribution in [-0.2, 0) is 9.59 Å². The minimum absolute atomic E-state index is 0.0473. The molecule has 3 amide bonds. The molecule has 3 fully saturated rings. The summed E-state index contributed by atoms with van der Waals surface area (Å²) in [6.45, 7) is 1.51. The van der Waals surface area contributed by atoms with E-state index in [-0.39, 0.29) is 22.4 Å². The zero-order chi connectivity index (χ0) is 25.0. The summed E-state index contributed by atoms with van der Waals surface area (Å²) in [6.07, 6.45) is 2.66. The Kier molecular flexibility index (Phi) is 6.09. The Morgan fingerprint density at radius 3 is 2.14 bits per heavy atom. The lowest BCUT2D eigenvalue weighted by Crippen LogP contribution is -2.57. The van der Waals surface area contributed by atoms with Crippen molar-refractivity contribution in [1.29, 1.82) is 0 Å². The highest BCUT2D eigenvalue weighted by atomic mass is 35.5. The summed E-state index contributed by atoms with van der Waals surface area (Å²) in [5, 5.41) is 2.30. The van der Waals surface area contributed by atoms with Gasteiger partial charge in [0.2, 0.25) is 0 Å². The number of rotatable bonds is 6. The van der Waals surface area contributed by atoms with Crippen LogP contribution in [0, 0.1) is 23.7 Å². The Bertz CT molecular complexity index is 1200. The number of nitrogens with zero attached hydrogens (tertiary/aromatic N) is 2. The van der Waals surface area contributed by atoms with Gasteiger partial charge in [-0.05, 0) is 80.5 Å². The number of methoxy groups -OCH3 is 1. The first-order valence-corrected chi connectivity index (χ1v) is 12.3. The molecule has 1 heterocycles. The molecule has 2 aliphatic carbocycles. The van der Waals surface area contributed by atoms with E-state index in [0.717, 1.165) is 29.3 Å². The van der Waals surface area contributed by atoms with Crippen molar-refractivity contribution in [3.05, 3.63) is 63.6 Å². The van der Waals surface area contributed by atoms with Gasteiger partial charge in [0, 0.05) is 10.6 Å². The lowest BCUT2D eigenvalue weighted by Gasteiger charge is -2.35. The molecule has 3 aliphatic rings. The third kappa shape index (κ3) is 3.81. The monoisotopic (exact) mass is 514 g/mol. The fraction of sp³-hybridized carbons (Fsp3) is 0.385. The number of hydrazine groups is 1. The molecular formula is C26H24Cl2N2O5. The molecule has 7 nitrogen and oxygen atoms in total. The lowest BCUT2D eigenvalue weighted by atomic mass is 9.81. The van der Waals surface area contributed by atoms with Crippen LogP contribution >= 0.6 is 23.2 Å². The molecule has 5 atom stereocenters. The Morgan fingerprint density at radius 2 is 1.60 bits per heavy atom. The van der Waals surface area contributed by atoms with Crippen LogP contribution in [0.4, 0.5) is 0 Å². The van der Waals surface area contributed by atoms with Gasteiger partial charge in [0.25, 0.3) is 17.7 Å². The number of carbonyl (C=O) groups excluding carboxylic acids is 4. The summed E-state index contributed by atoms with van der Waals surface area (Å²) in [7, 11) is 1.52. The first-order valence-electron chi connectivity index (χ1n) is 11.6. The molecule has 0 unspecified atom stereocenters. The predicted octanol–water partition coefficient (Wildman–Crippen LogP) is 4.66. The number of hydrogen-bond acceptors (Lipinski definition) is 5. The Labute approximate surface area is 212 Å². The number of imide groups is 1. The minimum Gasteiger partial charge on any atom is -0.497 e. The molecule has 1 saturated heterocycles. The quantitative estimate of drug-likeness (QED) is 0.413. The molecule has 2 bridgehead atoms. The third-order valence-electron chi connectivity index (χ3n) is 7.61. The van der Waals surface area contributed by atoms with Crippen molar-refractivity contribution in [3.8, 4) is 5.75 Å². The van der Waals surface area contributed by atoms with E-state index in [2.05, 4.69) is 0 Å². The number of ketones is 1. The van der Waals surface area contributed by atoms with E-state index in [1.54, 1.807) is 24.3 Å². The summed E-state index contributed by atoms with van der Waals surface area (Å²) in [5.74, 6) is -2.02. The number of amides is 3. The van der Waals surface area contributed by atoms with E-state index >= 15 is 0 Å². The topological polar surface area (TPSA) is 84.0 Å². The van der Waals surface area contributed by atoms with E-state index < -0.39 is 41.4 Å². The molecule has 9 heteroatoms. The van der Waals surface area contributed by atoms with Crippen molar-refractivity contribution in [2.24, 2.45) is 23.7 Å². The van der Waals surface area contributed by atoms with E-state index in [0.29, 0.717) is 16.3 Å². The number of hydrogen-bond donors (Lipinski definition) is 0. The molecule has 182 valence electrons. The molecule has 2 saturated carbocycles. The van der Waals surface area contributed by atoms with Gasteiger partial charge in [-0.3, -0.25) is 19.2 Å². The molecule has 35 heavy (non-hydrogen) atoms. The van der Waals surface area contributed by atoms with Crippen molar-refractivity contribution < 1.29 is 23.9 Å². The number of ether oxygens (including phenoxy) is 1. The number of Topliss-reactive ketones (excluding diaryl/α,β-unsaturated/α-hetero) is 1. The van der Waals surface area contributed by atoms with Crippen LogP contribution in [0.15, 0.2) is 42.5 Å². The molecule has 2 aromatic carbocycles. The highest BCUT2D eigenvalue weighted by molar-refractivity contribution is 6.36. The van der Waals surface area contributed by atoms with Gasteiger partial charge >= 0.3 is 0 Å². The van der Waals surface area contributed by atoms with E-state index in [4.69, 9.17) is 27.9 Å². The number of fused-ring (bicyclic) bond motifs is 5. The average molecular weight is 515 g/mol. The van der Waals surface area contributed by atoms with E-state index in [1.165, 1.54) is 32.2 Å². The third-order valence-corrected chi connectivity index (χ3v) is 8.16. The maximum atomic E-state index is 13.8. The first-order chi connectivity index (χ1) is 16.7. The van der Waals surface area contributed by atoms with Gasteiger partial charge in [-0.1, -0.05) is 23.2 Å². The van der Waals surface area contributed by atoms with Gasteiger partial charge in [0.1, 0.15) is 11.8 Å². The number of benzene rings is 2. The normalized spacial score (nSPS) is 25.5. The van der Waals surface area contributed by atoms with Crippen LogP contribution in [0.25, 0.3) is 0 Å². The smallest absolute Gasteiger partial charge is 0.275 e. The van der Waals surface area contributed by atoms with Gasteiger partial charge in [-0.2, -0.15) is 5.01 Å². The average Bonchev–Trinajstić information content (AvgIpc) is 3.53. The van der Waals surface area contributed by atoms with Crippen molar-refractivity contribution in [1.82, 2.24) is 10.0 Å². The number of carbonyl (C=O) groups is 4. The maximum absolute atomic E-state index is 13.8. The molecule has 0 aromatic heterocycles. The van der Waals surface area contributed by atoms with E-state index in [1.807, 2.05) is 0 Å². The summed E-state index contributed by atoms with van der Waals surface area (Å²) < 4.78 is 5.15. The van der Waals surface area contributed by atoms with Crippen LogP contribution < -0.4 is 4.74 Å². The standard InChI is InChI=1S/C26H24Cl2N2O5/c1-13(23(31)14-5-8-18(35-2)9-6-14)29(24(32)19-10-7-17(27)12-20(19)28)30-25(33)21-15-3-4-16(11-15)22(21)26(30)34/h5-10,12-13,15-16,21-22H,3-4,11H2,1-2H3/t13-,15+,16+,21-,22+/m1/s1. The molecule has 0 N–H and O–H groups in total. The predicted molar refractivity (Wildman–Crippen MR) is 129 cm³/mol. The van der Waals surface area contributed by atoms with Gasteiger partial charge in [-0.15, -0.1) is 0 Å². The zero-order valence-electron chi connectivity index (χ0n) is 19.2. The Morgan fingerprint density at radius 1 is 1.00 bits per heavy atom. The van der Waals surface area contributed by atoms with Gasteiger partial charge in [0.15, 0.2) is 5.78 Å². The van der Waals surface area contributed by atoms with Crippen LogP contribution in [-0.4, -0.2) is 46.7 Å². The van der Waals surface area contributed by atoms with Gasteiger partial charge < -0.3 is 4.74 Å². The summed E-state index contributed by atoms with van der Waals surface area (Å²) in [6, 6.07) is 9.63. The second kappa shape index (κ2) is 8.95. The molecular weight excluding hydrogens is 491 g/mol. The molecule has 5 rings (SSSR count). The van der Waals surface area contributed by atoms with Crippen LogP contribution in [0.1, 0.15) is 46.9 Å². The van der Waals surface area contributed by atoms with E-state index in [9.17, 15) is 19.2 Å². The van der Waals surface area contributed by atoms with Gasteiger partial charge in [0.05, 0.1) is 29.5 Å². The van der Waals surface area contributed by atoms with Crippen molar-refractivity contribution in [2.45, 2.75) is 32.2 Å². The maximum Gasteiger partial charge on any atom is 0.275 e. The largest absolute Gasteiger partial charge is 0.497 e. The van der Waals surface area contributed by atoms with Crippen LogP contribution in [0.2, 0.25) is 10.0 Å². The van der Waals surface area contributed by atoms with Crippen molar-refractivity contribution in [3.63, 3.8) is 0 Å². The lowest BCUT2D eigenvalue weighted by molar-refractivity contribution is -0.157. The summed E-state index contributed by atoms with van der Waals surface area (Å²) >= 11 is 12.3. The highest BCUT2D eigenvalue weighted by Gasteiger charge is 2.63. The highest BCUT2D eigenvalue weighted by Crippen LogP contribution is 2.56. The van der Waals surface area contributed by atoms with Crippen LogP contribution in [0.3, 0.4) is 0 Å². The second-order valence-corrected chi connectivity index (χ2v) is 10.3. The Hall–Kier alpha value is -2.90.